The highest BCUT2D eigenvalue weighted by Crippen LogP contribution is 2.33. The van der Waals surface area contributed by atoms with Crippen molar-refractivity contribution in [3.8, 4) is 0 Å². The number of rotatable bonds is 7. The standard InChI is InChI=1S/C32H38N4O3/c1-2-26(33)30(37)34-27-15-9-8-14-25-18-19-28(36(25)32(27)39)31(38)35-29(22-11-4-3-5-12-22)24-17-16-21-10-6-7-13-23(21)20-24/h3-7,10-13,16-17,20,25-29H,2,8-9,14-15,18-19,33H2,1H3,(H,34,37)(H,35,38). The molecule has 2 aliphatic heterocycles. The first-order chi connectivity index (χ1) is 19.0. The fourth-order valence-electron chi connectivity index (χ4n) is 6.02. The number of carbonyl (C=O) groups is 3. The molecule has 3 amide bonds. The Morgan fingerprint density at radius 3 is 2.38 bits per heavy atom. The first kappa shape index (κ1) is 26.9. The molecule has 0 aliphatic carbocycles. The van der Waals surface area contributed by atoms with E-state index in [1.165, 1.54) is 0 Å². The molecule has 5 atom stereocenters. The summed E-state index contributed by atoms with van der Waals surface area (Å²) in [5, 5.41) is 8.42. The third kappa shape index (κ3) is 5.83. The molecule has 3 aromatic rings. The van der Waals surface area contributed by atoms with Crippen molar-refractivity contribution < 1.29 is 14.4 Å². The van der Waals surface area contributed by atoms with Gasteiger partial charge in [0.15, 0.2) is 0 Å². The van der Waals surface area contributed by atoms with Gasteiger partial charge in [0.25, 0.3) is 0 Å². The second kappa shape index (κ2) is 12.0. The van der Waals surface area contributed by atoms with Gasteiger partial charge in [-0.2, -0.15) is 0 Å². The molecular formula is C32H38N4O3. The van der Waals surface area contributed by atoms with Crippen molar-refractivity contribution in [1.29, 1.82) is 0 Å². The van der Waals surface area contributed by atoms with Crippen molar-refractivity contribution in [2.45, 2.75) is 82.1 Å². The Labute approximate surface area is 230 Å². The summed E-state index contributed by atoms with van der Waals surface area (Å²) >= 11 is 0. The number of nitrogens with two attached hydrogens (primary N) is 1. The Hall–Kier alpha value is -3.71. The topological polar surface area (TPSA) is 105 Å². The zero-order valence-electron chi connectivity index (χ0n) is 22.5. The predicted molar refractivity (Wildman–Crippen MR) is 153 cm³/mol. The minimum absolute atomic E-state index is 0.00337. The maximum absolute atomic E-state index is 13.9. The lowest BCUT2D eigenvalue weighted by Crippen LogP contribution is -2.58. The summed E-state index contributed by atoms with van der Waals surface area (Å²) in [4.78, 5) is 42.1. The van der Waals surface area contributed by atoms with E-state index in [1.54, 1.807) is 4.90 Å². The van der Waals surface area contributed by atoms with Crippen LogP contribution in [0.5, 0.6) is 0 Å². The van der Waals surface area contributed by atoms with Crippen LogP contribution in [0.4, 0.5) is 0 Å². The van der Waals surface area contributed by atoms with Crippen LogP contribution in [-0.4, -0.2) is 46.8 Å². The van der Waals surface area contributed by atoms with Crippen LogP contribution in [-0.2, 0) is 14.4 Å². The SMILES string of the molecule is CCC(N)C(=O)NC1CCCCC2CCC(C(=O)NC(c3ccccc3)c3ccc4ccccc4c3)N2C1=O. The molecule has 0 spiro atoms. The molecule has 39 heavy (non-hydrogen) atoms. The molecule has 0 bridgehead atoms. The number of hydrogen-bond donors (Lipinski definition) is 3. The molecule has 4 N–H and O–H groups in total. The molecular weight excluding hydrogens is 488 g/mol. The molecule has 5 rings (SSSR count). The zero-order valence-corrected chi connectivity index (χ0v) is 22.5. The van der Waals surface area contributed by atoms with Crippen molar-refractivity contribution in [2.75, 3.05) is 0 Å². The van der Waals surface area contributed by atoms with Gasteiger partial charge in [-0.05, 0) is 60.1 Å². The van der Waals surface area contributed by atoms with Crippen LogP contribution >= 0.6 is 0 Å². The molecule has 2 fully saturated rings. The van der Waals surface area contributed by atoms with E-state index in [0.29, 0.717) is 19.3 Å². The zero-order chi connectivity index (χ0) is 27.4. The van der Waals surface area contributed by atoms with Crippen LogP contribution in [0.1, 0.15) is 69.0 Å². The Kier molecular flexibility index (Phi) is 8.27. The van der Waals surface area contributed by atoms with Gasteiger partial charge in [0.1, 0.15) is 12.1 Å². The van der Waals surface area contributed by atoms with Crippen molar-refractivity contribution in [1.82, 2.24) is 15.5 Å². The van der Waals surface area contributed by atoms with Gasteiger partial charge in [-0.3, -0.25) is 14.4 Å². The molecule has 0 radical (unpaired) electrons. The first-order valence-electron chi connectivity index (χ1n) is 14.2. The average Bonchev–Trinajstić information content (AvgIpc) is 3.39. The summed E-state index contributed by atoms with van der Waals surface area (Å²) in [6.45, 7) is 1.85. The number of hydrogen-bond acceptors (Lipinski definition) is 4. The van der Waals surface area contributed by atoms with Gasteiger partial charge in [0.2, 0.25) is 17.7 Å². The molecule has 7 nitrogen and oxygen atoms in total. The monoisotopic (exact) mass is 526 g/mol. The maximum Gasteiger partial charge on any atom is 0.246 e. The largest absolute Gasteiger partial charge is 0.343 e. The molecule has 0 saturated carbocycles. The molecule has 3 aromatic carbocycles. The minimum atomic E-state index is -0.656. The smallest absolute Gasteiger partial charge is 0.246 e. The Morgan fingerprint density at radius 2 is 1.62 bits per heavy atom. The fourth-order valence-corrected chi connectivity index (χ4v) is 6.02. The normalized spacial score (nSPS) is 22.9. The van der Waals surface area contributed by atoms with Crippen molar-refractivity contribution in [3.63, 3.8) is 0 Å². The Balaban J connectivity index is 1.41. The predicted octanol–water partition coefficient (Wildman–Crippen LogP) is 4.20. The number of nitrogens with zero attached hydrogens (tertiary/aromatic N) is 1. The molecule has 2 heterocycles. The van der Waals surface area contributed by atoms with E-state index in [2.05, 4.69) is 41.0 Å². The fraction of sp³-hybridized carbons (Fsp3) is 0.406. The van der Waals surface area contributed by atoms with Crippen LogP contribution in [0.25, 0.3) is 10.8 Å². The number of nitrogens with one attached hydrogen (secondary N) is 2. The summed E-state index contributed by atoms with van der Waals surface area (Å²) in [7, 11) is 0. The van der Waals surface area contributed by atoms with Gasteiger partial charge < -0.3 is 21.3 Å². The summed E-state index contributed by atoms with van der Waals surface area (Å²) < 4.78 is 0. The van der Waals surface area contributed by atoms with E-state index in [9.17, 15) is 14.4 Å². The van der Waals surface area contributed by atoms with Gasteiger partial charge in [0.05, 0.1) is 12.1 Å². The van der Waals surface area contributed by atoms with Gasteiger partial charge in [-0.25, -0.2) is 0 Å². The minimum Gasteiger partial charge on any atom is -0.343 e. The Bertz CT molecular complexity index is 1330. The van der Waals surface area contributed by atoms with Crippen LogP contribution in [0.3, 0.4) is 0 Å². The van der Waals surface area contributed by atoms with E-state index in [1.807, 2.05) is 49.4 Å². The second-order valence-electron chi connectivity index (χ2n) is 10.8. The lowest BCUT2D eigenvalue weighted by atomic mass is 9.95. The second-order valence-corrected chi connectivity index (χ2v) is 10.8. The molecule has 2 saturated heterocycles. The van der Waals surface area contributed by atoms with E-state index in [4.69, 9.17) is 5.73 Å². The lowest BCUT2D eigenvalue weighted by Gasteiger charge is -2.36. The Morgan fingerprint density at radius 1 is 0.897 bits per heavy atom. The quantitative estimate of drug-likeness (QED) is 0.429. The van der Waals surface area contributed by atoms with Gasteiger partial charge in [0, 0.05) is 6.04 Å². The first-order valence-corrected chi connectivity index (χ1v) is 14.2. The van der Waals surface area contributed by atoms with E-state index >= 15 is 0 Å². The highest BCUT2D eigenvalue weighted by atomic mass is 16.2. The van der Waals surface area contributed by atoms with Crippen molar-refractivity contribution >= 4 is 28.5 Å². The number of fused-ring (bicyclic) bond motifs is 2. The number of benzene rings is 3. The van der Waals surface area contributed by atoms with Gasteiger partial charge in [-0.15, -0.1) is 0 Å². The van der Waals surface area contributed by atoms with Crippen molar-refractivity contribution in [3.05, 3.63) is 83.9 Å². The van der Waals surface area contributed by atoms with Crippen LogP contribution in [0.2, 0.25) is 0 Å². The number of carbonyl (C=O) groups excluding carboxylic acids is 3. The molecule has 0 aromatic heterocycles. The molecule has 5 unspecified atom stereocenters. The molecule has 7 heteroatoms. The molecule has 204 valence electrons. The van der Waals surface area contributed by atoms with E-state index in [0.717, 1.165) is 47.6 Å². The highest BCUT2D eigenvalue weighted by molar-refractivity contribution is 5.94. The summed E-state index contributed by atoms with van der Waals surface area (Å²) in [6.07, 6.45) is 5.14. The van der Waals surface area contributed by atoms with Gasteiger partial charge >= 0.3 is 0 Å². The summed E-state index contributed by atoms with van der Waals surface area (Å²) in [5.74, 6) is -0.645. The van der Waals surface area contributed by atoms with Crippen LogP contribution in [0, 0.1) is 0 Å². The van der Waals surface area contributed by atoms with E-state index < -0.39 is 18.1 Å². The summed E-state index contributed by atoms with van der Waals surface area (Å²) in [5.41, 5.74) is 7.90. The van der Waals surface area contributed by atoms with Crippen LogP contribution < -0.4 is 16.4 Å². The maximum atomic E-state index is 13.9. The number of amides is 3. The van der Waals surface area contributed by atoms with Crippen LogP contribution in [0.15, 0.2) is 72.8 Å². The lowest BCUT2D eigenvalue weighted by molar-refractivity contribution is -0.144. The highest BCUT2D eigenvalue weighted by Gasteiger charge is 2.44. The summed E-state index contributed by atoms with van der Waals surface area (Å²) in [6, 6.07) is 22.1. The average molecular weight is 527 g/mol. The third-order valence-corrected chi connectivity index (χ3v) is 8.26. The molecule has 2 aliphatic rings. The van der Waals surface area contributed by atoms with E-state index in [-0.39, 0.29) is 29.8 Å². The van der Waals surface area contributed by atoms with Gasteiger partial charge in [-0.1, -0.05) is 86.5 Å². The third-order valence-electron chi connectivity index (χ3n) is 8.26. The van der Waals surface area contributed by atoms with Crippen molar-refractivity contribution in [2.24, 2.45) is 5.73 Å².